The third kappa shape index (κ3) is 4.20. The fraction of sp³-hybridized carbons (Fsp3) is 0.227. The lowest BCUT2D eigenvalue weighted by Crippen LogP contribution is -2.27. The topological polar surface area (TPSA) is 130 Å². The summed E-state index contributed by atoms with van der Waals surface area (Å²) in [6, 6.07) is 11.2. The molecule has 1 aromatic carbocycles. The maximum absolute atomic E-state index is 12.9. The van der Waals surface area contributed by atoms with E-state index in [1.807, 2.05) is 30.3 Å². The van der Waals surface area contributed by atoms with Gasteiger partial charge in [0.05, 0.1) is 11.9 Å². The number of para-hydroxylation sites is 1. The Kier molecular flexibility index (Phi) is 5.13. The molecule has 11 heteroatoms. The summed E-state index contributed by atoms with van der Waals surface area (Å²) in [6.07, 6.45) is 5.10. The van der Waals surface area contributed by atoms with Gasteiger partial charge in [-0.3, -0.25) is 14.3 Å². The van der Waals surface area contributed by atoms with Crippen molar-refractivity contribution in [1.82, 2.24) is 29.7 Å². The number of imidazole rings is 1. The molecule has 0 bridgehead atoms. The van der Waals surface area contributed by atoms with Gasteiger partial charge in [0.2, 0.25) is 0 Å². The average molecular weight is 445 g/mol. The van der Waals surface area contributed by atoms with Gasteiger partial charge in [-0.2, -0.15) is 5.10 Å². The molecule has 0 atom stereocenters. The number of aryl methyl sites for hydroxylation is 1. The highest BCUT2D eigenvalue weighted by Gasteiger charge is 2.26. The zero-order chi connectivity index (χ0) is 22.9. The van der Waals surface area contributed by atoms with Crippen LogP contribution in [0.1, 0.15) is 33.7 Å². The van der Waals surface area contributed by atoms with Gasteiger partial charge in [-0.15, -0.1) is 5.10 Å². The first-order valence-electron chi connectivity index (χ1n) is 10.6. The molecule has 2 amide bonds. The molecule has 1 aliphatic rings. The van der Waals surface area contributed by atoms with E-state index in [0.717, 1.165) is 12.8 Å². The second kappa shape index (κ2) is 8.26. The Labute approximate surface area is 189 Å². The Morgan fingerprint density at radius 1 is 1.09 bits per heavy atom. The summed E-state index contributed by atoms with van der Waals surface area (Å²) in [5.41, 5.74) is 2.56. The molecule has 5 rings (SSSR count). The van der Waals surface area contributed by atoms with Crippen molar-refractivity contribution in [1.29, 1.82) is 0 Å². The average Bonchev–Trinajstić information content (AvgIpc) is 3.39. The Balaban J connectivity index is 1.46. The van der Waals surface area contributed by atoms with Crippen LogP contribution in [0.15, 0.2) is 48.8 Å². The molecule has 0 radical (unpaired) electrons. The Bertz CT molecular complexity index is 1340. The number of benzene rings is 1. The normalized spacial score (nSPS) is 13.0. The van der Waals surface area contributed by atoms with Crippen molar-refractivity contribution in [2.75, 3.05) is 23.0 Å². The number of nitrogens with zero attached hydrogens (tertiary/aromatic N) is 5. The van der Waals surface area contributed by atoms with Gasteiger partial charge in [0.15, 0.2) is 23.0 Å². The van der Waals surface area contributed by atoms with E-state index in [-0.39, 0.29) is 17.9 Å². The van der Waals surface area contributed by atoms with E-state index >= 15 is 0 Å². The maximum Gasteiger partial charge on any atom is 0.271 e. The zero-order valence-electron chi connectivity index (χ0n) is 18.2. The minimum Gasteiger partial charge on any atom is -0.385 e. The lowest BCUT2D eigenvalue weighted by molar-refractivity contribution is 0.0943. The van der Waals surface area contributed by atoms with Crippen LogP contribution in [0.5, 0.6) is 0 Å². The Morgan fingerprint density at radius 3 is 2.61 bits per heavy atom. The van der Waals surface area contributed by atoms with Gasteiger partial charge in [-0.25, -0.2) is 9.50 Å². The Morgan fingerprint density at radius 2 is 1.88 bits per heavy atom. The third-order valence-corrected chi connectivity index (χ3v) is 5.23. The molecule has 1 aliphatic carbocycles. The second-order valence-electron chi connectivity index (χ2n) is 7.83. The minimum absolute atomic E-state index is 0.215. The van der Waals surface area contributed by atoms with Crippen LogP contribution in [0.2, 0.25) is 0 Å². The quantitative estimate of drug-likeness (QED) is 0.344. The van der Waals surface area contributed by atoms with Crippen LogP contribution in [-0.4, -0.2) is 49.3 Å². The number of rotatable bonds is 7. The molecule has 1 saturated carbocycles. The van der Waals surface area contributed by atoms with E-state index in [2.05, 4.69) is 36.4 Å². The molecule has 11 nitrogen and oxygen atoms in total. The number of carbonyl (C=O) groups excluding carboxylic acids is 2. The number of hydrogen-bond acceptors (Lipinski definition) is 7. The van der Waals surface area contributed by atoms with E-state index in [1.54, 1.807) is 31.0 Å². The van der Waals surface area contributed by atoms with Crippen molar-refractivity contribution in [2.45, 2.75) is 18.9 Å². The van der Waals surface area contributed by atoms with E-state index in [9.17, 15) is 9.59 Å². The summed E-state index contributed by atoms with van der Waals surface area (Å²) in [5.74, 6) is 0.207. The standard InChI is InChI=1S/C22H23N9O2/c1-23-16-10-18(28-31-17(11-24-20(16)31)22(33)26-14-8-9-14)27-19-15(12-30(2)29-19)21(32)25-13-6-4-3-5-7-13/h3-7,10-12,14,23H,8-9H2,1-2H3,(H,25,32)(H,26,33)(H,27,28,29). The van der Waals surface area contributed by atoms with E-state index < -0.39 is 0 Å². The van der Waals surface area contributed by atoms with Crippen LogP contribution in [0, 0.1) is 0 Å². The molecule has 4 aromatic rings. The van der Waals surface area contributed by atoms with Crippen LogP contribution in [0.4, 0.5) is 23.0 Å². The monoisotopic (exact) mass is 445 g/mol. The molecule has 3 heterocycles. The number of aromatic nitrogens is 5. The first-order valence-corrected chi connectivity index (χ1v) is 10.6. The first-order chi connectivity index (χ1) is 16.0. The number of fused-ring (bicyclic) bond motifs is 1. The van der Waals surface area contributed by atoms with Crippen molar-refractivity contribution in [3.63, 3.8) is 0 Å². The molecule has 1 fully saturated rings. The summed E-state index contributed by atoms with van der Waals surface area (Å²) in [7, 11) is 3.49. The molecule has 0 saturated heterocycles. The fourth-order valence-corrected chi connectivity index (χ4v) is 3.44. The van der Waals surface area contributed by atoms with Crippen LogP contribution in [0.3, 0.4) is 0 Å². The van der Waals surface area contributed by atoms with Gasteiger partial charge in [0.25, 0.3) is 11.8 Å². The summed E-state index contributed by atoms with van der Waals surface area (Å²) in [6.45, 7) is 0. The SMILES string of the molecule is CNc1cc(Nc2nn(C)cc2C(=O)Nc2ccccc2)nn2c(C(=O)NC3CC3)cnc12. The van der Waals surface area contributed by atoms with Gasteiger partial charge >= 0.3 is 0 Å². The highest BCUT2D eigenvalue weighted by molar-refractivity contribution is 6.07. The van der Waals surface area contributed by atoms with Crippen molar-refractivity contribution < 1.29 is 9.59 Å². The number of anilines is 4. The largest absolute Gasteiger partial charge is 0.385 e. The van der Waals surface area contributed by atoms with Gasteiger partial charge in [-0.1, -0.05) is 18.2 Å². The van der Waals surface area contributed by atoms with Gasteiger partial charge in [-0.05, 0) is 25.0 Å². The van der Waals surface area contributed by atoms with Crippen LogP contribution in [0.25, 0.3) is 5.65 Å². The molecular weight excluding hydrogens is 422 g/mol. The van der Waals surface area contributed by atoms with Crippen molar-refractivity contribution in [3.05, 3.63) is 60.0 Å². The Hall–Kier alpha value is -4.41. The van der Waals surface area contributed by atoms with Gasteiger partial charge in [0, 0.05) is 38.1 Å². The smallest absolute Gasteiger partial charge is 0.271 e. The maximum atomic E-state index is 12.9. The fourth-order valence-electron chi connectivity index (χ4n) is 3.44. The molecular formula is C22H23N9O2. The van der Waals surface area contributed by atoms with Crippen molar-refractivity contribution in [3.8, 4) is 0 Å². The second-order valence-corrected chi connectivity index (χ2v) is 7.83. The summed E-state index contributed by atoms with van der Waals surface area (Å²) in [5, 5.41) is 20.9. The minimum atomic E-state index is -0.307. The molecule has 33 heavy (non-hydrogen) atoms. The number of nitrogens with one attached hydrogen (secondary N) is 4. The molecule has 0 aliphatic heterocycles. The number of carbonyl (C=O) groups is 2. The van der Waals surface area contributed by atoms with Crippen LogP contribution >= 0.6 is 0 Å². The van der Waals surface area contributed by atoms with Crippen LogP contribution < -0.4 is 21.3 Å². The highest BCUT2D eigenvalue weighted by atomic mass is 16.2. The number of amides is 2. The lowest BCUT2D eigenvalue weighted by Gasteiger charge is -2.10. The molecule has 4 N–H and O–H groups in total. The molecule has 3 aromatic heterocycles. The highest BCUT2D eigenvalue weighted by Crippen LogP contribution is 2.25. The van der Waals surface area contributed by atoms with E-state index in [0.29, 0.717) is 39.9 Å². The first kappa shape index (κ1) is 20.5. The predicted octanol–water partition coefficient (Wildman–Crippen LogP) is 2.39. The van der Waals surface area contributed by atoms with E-state index in [4.69, 9.17) is 0 Å². The van der Waals surface area contributed by atoms with Gasteiger partial charge < -0.3 is 21.3 Å². The van der Waals surface area contributed by atoms with Crippen molar-refractivity contribution >= 4 is 40.5 Å². The lowest BCUT2D eigenvalue weighted by atomic mass is 10.2. The molecule has 168 valence electrons. The van der Waals surface area contributed by atoms with Gasteiger partial charge in [0.1, 0.15) is 5.56 Å². The molecule has 0 unspecified atom stereocenters. The third-order valence-electron chi connectivity index (χ3n) is 5.23. The zero-order valence-corrected chi connectivity index (χ0v) is 18.2. The van der Waals surface area contributed by atoms with Crippen molar-refractivity contribution in [2.24, 2.45) is 7.05 Å². The van der Waals surface area contributed by atoms with E-state index in [1.165, 1.54) is 10.7 Å². The molecule has 0 spiro atoms. The van der Waals surface area contributed by atoms with Crippen LogP contribution in [-0.2, 0) is 7.05 Å². The predicted molar refractivity (Wildman–Crippen MR) is 124 cm³/mol. The summed E-state index contributed by atoms with van der Waals surface area (Å²) in [4.78, 5) is 29.9. The number of hydrogen-bond donors (Lipinski definition) is 4. The summed E-state index contributed by atoms with van der Waals surface area (Å²) >= 11 is 0. The summed E-state index contributed by atoms with van der Waals surface area (Å²) < 4.78 is 3.03.